The van der Waals surface area contributed by atoms with Gasteiger partial charge in [-0.15, -0.1) is 0 Å². The van der Waals surface area contributed by atoms with Crippen LogP contribution in [0.25, 0.3) is 0 Å². The number of carbonyl (C=O) groups is 2. The van der Waals surface area contributed by atoms with E-state index in [0.29, 0.717) is 23.8 Å². The third kappa shape index (κ3) is 3.44. The Labute approximate surface area is 141 Å². The first-order valence-corrected chi connectivity index (χ1v) is 9.77. The van der Waals surface area contributed by atoms with Crippen LogP contribution in [0.15, 0.2) is 16.8 Å². The molecule has 0 aromatic carbocycles. The first-order valence-electron chi connectivity index (χ1n) is 8.82. The lowest BCUT2D eigenvalue weighted by molar-refractivity contribution is -0.142. The molecule has 0 N–H and O–H groups in total. The molecule has 2 saturated carbocycles. The molecule has 1 saturated heterocycles. The first-order chi connectivity index (χ1) is 11.2. The van der Waals surface area contributed by atoms with E-state index in [4.69, 9.17) is 0 Å². The van der Waals surface area contributed by atoms with Gasteiger partial charge in [-0.05, 0) is 60.9 Å². The van der Waals surface area contributed by atoms with Gasteiger partial charge in [-0.25, -0.2) is 0 Å². The second-order valence-electron chi connectivity index (χ2n) is 7.20. The average molecular weight is 332 g/mol. The molecule has 4 nitrogen and oxygen atoms in total. The van der Waals surface area contributed by atoms with E-state index < -0.39 is 0 Å². The Hall–Kier alpha value is -1.36. The predicted molar refractivity (Wildman–Crippen MR) is 89.9 cm³/mol. The molecule has 4 rings (SSSR count). The molecule has 23 heavy (non-hydrogen) atoms. The zero-order chi connectivity index (χ0) is 15.8. The van der Waals surface area contributed by atoms with Gasteiger partial charge in [-0.1, -0.05) is 0 Å². The summed E-state index contributed by atoms with van der Waals surface area (Å²) in [4.78, 5) is 29.2. The lowest BCUT2D eigenvalue weighted by atomic mass is 9.94. The fourth-order valence-corrected chi connectivity index (χ4v) is 4.18. The van der Waals surface area contributed by atoms with Crippen LogP contribution in [0, 0.1) is 11.8 Å². The van der Waals surface area contributed by atoms with Crippen molar-refractivity contribution >= 4 is 23.2 Å². The predicted octanol–water partition coefficient (Wildman–Crippen LogP) is 2.89. The van der Waals surface area contributed by atoms with Crippen molar-refractivity contribution in [2.45, 2.75) is 51.1 Å². The minimum atomic E-state index is 0.109. The highest BCUT2D eigenvalue weighted by molar-refractivity contribution is 7.07. The SMILES string of the molecule is O=C(C1CC1)N1CCC(C(=O)N(Cc2ccsc2)C2CC2)CC1. The maximum absolute atomic E-state index is 13.0. The van der Waals surface area contributed by atoms with Crippen molar-refractivity contribution in [3.63, 3.8) is 0 Å². The van der Waals surface area contributed by atoms with Crippen molar-refractivity contribution in [1.82, 2.24) is 9.80 Å². The first kappa shape index (κ1) is 15.2. The molecule has 1 aromatic heterocycles. The third-order valence-corrected chi connectivity index (χ3v) is 6.02. The maximum atomic E-state index is 13.0. The van der Waals surface area contributed by atoms with Crippen molar-refractivity contribution in [1.29, 1.82) is 0 Å². The van der Waals surface area contributed by atoms with Gasteiger partial charge in [0.2, 0.25) is 11.8 Å². The van der Waals surface area contributed by atoms with Crippen LogP contribution in [0.5, 0.6) is 0 Å². The summed E-state index contributed by atoms with van der Waals surface area (Å²) < 4.78 is 0. The molecule has 5 heteroatoms. The Morgan fingerprint density at radius 1 is 1.09 bits per heavy atom. The number of hydrogen-bond donors (Lipinski definition) is 0. The lowest BCUT2D eigenvalue weighted by Gasteiger charge is -2.34. The summed E-state index contributed by atoms with van der Waals surface area (Å²) in [6, 6.07) is 2.57. The highest BCUT2D eigenvalue weighted by Gasteiger charge is 2.39. The van der Waals surface area contributed by atoms with E-state index >= 15 is 0 Å². The van der Waals surface area contributed by atoms with Gasteiger partial charge in [0, 0.05) is 37.5 Å². The Morgan fingerprint density at radius 3 is 2.39 bits per heavy atom. The molecular weight excluding hydrogens is 308 g/mol. The van der Waals surface area contributed by atoms with E-state index in [1.54, 1.807) is 11.3 Å². The summed E-state index contributed by atoms with van der Waals surface area (Å²) in [5.41, 5.74) is 1.25. The van der Waals surface area contributed by atoms with E-state index in [1.165, 1.54) is 5.56 Å². The van der Waals surface area contributed by atoms with Crippen molar-refractivity contribution in [3.05, 3.63) is 22.4 Å². The van der Waals surface area contributed by atoms with Gasteiger partial charge in [-0.3, -0.25) is 9.59 Å². The minimum absolute atomic E-state index is 0.109. The molecule has 0 bridgehead atoms. The van der Waals surface area contributed by atoms with E-state index in [0.717, 1.165) is 58.2 Å². The van der Waals surface area contributed by atoms with E-state index in [2.05, 4.69) is 21.7 Å². The Bertz CT molecular complexity index is 570. The van der Waals surface area contributed by atoms with Crippen molar-refractivity contribution in [2.24, 2.45) is 11.8 Å². The number of carbonyl (C=O) groups excluding carboxylic acids is 2. The van der Waals surface area contributed by atoms with Crippen LogP contribution in [0.2, 0.25) is 0 Å². The monoisotopic (exact) mass is 332 g/mol. The smallest absolute Gasteiger partial charge is 0.226 e. The van der Waals surface area contributed by atoms with Gasteiger partial charge in [-0.2, -0.15) is 11.3 Å². The molecule has 0 unspecified atom stereocenters. The van der Waals surface area contributed by atoms with E-state index in [1.807, 2.05) is 4.90 Å². The lowest BCUT2D eigenvalue weighted by Crippen LogP contribution is -2.45. The highest BCUT2D eigenvalue weighted by Crippen LogP contribution is 2.34. The van der Waals surface area contributed by atoms with Crippen LogP contribution in [-0.2, 0) is 16.1 Å². The summed E-state index contributed by atoms with van der Waals surface area (Å²) in [7, 11) is 0. The summed E-state index contributed by atoms with van der Waals surface area (Å²) in [5, 5.41) is 4.21. The highest BCUT2D eigenvalue weighted by atomic mass is 32.1. The molecular formula is C18H24N2O2S. The van der Waals surface area contributed by atoms with Gasteiger partial charge in [0.25, 0.3) is 0 Å². The number of rotatable bonds is 5. The number of amides is 2. The van der Waals surface area contributed by atoms with Crippen LogP contribution in [0.1, 0.15) is 44.1 Å². The summed E-state index contributed by atoms with van der Waals surface area (Å²) in [6.07, 6.45) is 6.10. The largest absolute Gasteiger partial charge is 0.342 e. The molecule has 124 valence electrons. The zero-order valence-corrected chi connectivity index (χ0v) is 14.3. The molecule has 2 heterocycles. The second kappa shape index (κ2) is 6.27. The Balaban J connectivity index is 1.35. The average Bonchev–Trinajstić information content (AvgIpc) is 3.51. The van der Waals surface area contributed by atoms with Gasteiger partial charge in [0.05, 0.1) is 0 Å². The Kier molecular flexibility index (Phi) is 4.14. The number of piperidine rings is 1. The van der Waals surface area contributed by atoms with E-state index in [-0.39, 0.29) is 5.92 Å². The second-order valence-corrected chi connectivity index (χ2v) is 7.98. The number of hydrogen-bond acceptors (Lipinski definition) is 3. The standard InChI is InChI=1S/C18H24N2O2S/c21-17(14-1-2-14)19-8-5-15(6-9-19)18(22)20(16-3-4-16)11-13-7-10-23-12-13/h7,10,12,14-16H,1-6,8-9,11H2. The topological polar surface area (TPSA) is 40.6 Å². The summed E-state index contributed by atoms with van der Waals surface area (Å²) in [5.74, 6) is 1.05. The molecule has 2 aliphatic carbocycles. The normalized spacial score (nSPS) is 22.2. The fraction of sp³-hybridized carbons (Fsp3) is 0.667. The summed E-state index contributed by atoms with van der Waals surface area (Å²) in [6.45, 7) is 2.29. The molecule has 2 amide bonds. The maximum Gasteiger partial charge on any atom is 0.226 e. The van der Waals surface area contributed by atoms with Crippen LogP contribution in [0.3, 0.4) is 0 Å². The van der Waals surface area contributed by atoms with Crippen LogP contribution >= 0.6 is 11.3 Å². The fourth-order valence-electron chi connectivity index (χ4n) is 3.52. The minimum Gasteiger partial charge on any atom is -0.342 e. The van der Waals surface area contributed by atoms with Crippen molar-refractivity contribution in [2.75, 3.05) is 13.1 Å². The molecule has 0 spiro atoms. The van der Waals surface area contributed by atoms with Crippen LogP contribution in [-0.4, -0.2) is 40.7 Å². The number of likely N-dealkylation sites (tertiary alicyclic amines) is 1. The van der Waals surface area contributed by atoms with Crippen molar-refractivity contribution in [3.8, 4) is 0 Å². The third-order valence-electron chi connectivity index (χ3n) is 5.29. The number of thiophene rings is 1. The molecule has 1 aliphatic heterocycles. The van der Waals surface area contributed by atoms with E-state index in [9.17, 15) is 9.59 Å². The molecule has 3 aliphatic rings. The Morgan fingerprint density at radius 2 is 1.83 bits per heavy atom. The van der Waals surface area contributed by atoms with Gasteiger partial charge in [0.1, 0.15) is 0 Å². The van der Waals surface area contributed by atoms with Crippen LogP contribution < -0.4 is 0 Å². The van der Waals surface area contributed by atoms with Gasteiger partial charge >= 0.3 is 0 Å². The zero-order valence-electron chi connectivity index (χ0n) is 13.4. The molecule has 3 fully saturated rings. The van der Waals surface area contributed by atoms with Crippen LogP contribution in [0.4, 0.5) is 0 Å². The van der Waals surface area contributed by atoms with Gasteiger partial charge in [0.15, 0.2) is 0 Å². The number of nitrogens with zero attached hydrogens (tertiary/aromatic N) is 2. The molecule has 0 radical (unpaired) electrons. The van der Waals surface area contributed by atoms with Gasteiger partial charge < -0.3 is 9.80 Å². The molecule has 0 atom stereocenters. The van der Waals surface area contributed by atoms with Crippen molar-refractivity contribution < 1.29 is 9.59 Å². The quantitative estimate of drug-likeness (QED) is 0.832. The molecule has 1 aromatic rings. The summed E-state index contributed by atoms with van der Waals surface area (Å²) >= 11 is 1.69.